The number of methoxy groups -OCH3 is 2. The van der Waals surface area contributed by atoms with Gasteiger partial charge in [0, 0.05) is 40.2 Å². The van der Waals surface area contributed by atoms with Gasteiger partial charge in [0.2, 0.25) is 5.91 Å². The van der Waals surface area contributed by atoms with Gasteiger partial charge in [0.25, 0.3) is 0 Å². The van der Waals surface area contributed by atoms with E-state index in [-0.39, 0.29) is 5.91 Å². The molecule has 1 amide bonds. The highest BCUT2D eigenvalue weighted by molar-refractivity contribution is 6.30. The Bertz CT molecular complexity index is 1340. The minimum absolute atomic E-state index is 0.160. The highest BCUT2D eigenvalue weighted by Gasteiger charge is 2.15. The number of allylic oxidation sites excluding steroid dienone is 1. The molecule has 0 radical (unpaired) electrons. The summed E-state index contributed by atoms with van der Waals surface area (Å²) in [5.41, 5.74) is 5.38. The first kappa shape index (κ1) is 23.5. The summed E-state index contributed by atoms with van der Waals surface area (Å²) < 4.78 is 16.6. The summed E-state index contributed by atoms with van der Waals surface area (Å²) in [5, 5.41) is 4.56. The van der Waals surface area contributed by atoms with Gasteiger partial charge < -0.3 is 19.2 Å². The normalized spacial score (nSPS) is 11.5. The second-order valence-corrected chi connectivity index (χ2v) is 8.36. The molecule has 1 N–H and O–H groups in total. The van der Waals surface area contributed by atoms with E-state index in [1.165, 1.54) is 0 Å². The minimum atomic E-state index is -0.160. The van der Waals surface area contributed by atoms with Crippen LogP contribution in [0.25, 0.3) is 27.7 Å². The van der Waals surface area contributed by atoms with Crippen LogP contribution < -0.4 is 14.8 Å². The molecule has 0 aliphatic carbocycles. The molecule has 0 bridgehead atoms. The van der Waals surface area contributed by atoms with Gasteiger partial charge in [-0.1, -0.05) is 35.9 Å². The van der Waals surface area contributed by atoms with Crippen molar-refractivity contribution in [1.82, 2.24) is 5.32 Å². The van der Waals surface area contributed by atoms with E-state index in [9.17, 15) is 4.79 Å². The first-order valence-electron chi connectivity index (χ1n) is 10.9. The minimum Gasteiger partial charge on any atom is -0.497 e. The molecule has 3 aromatic carbocycles. The van der Waals surface area contributed by atoms with Crippen molar-refractivity contribution in [3.63, 3.8) is 0 Å². The summed E-state index contributed by atoms with van der Waals surface area (Å²) in [5.74, 6) is 1.29. The molecule has 0 fully saturated rings. The maximum Gasteiger partial charge on any atom is 0.244 e. The molecule has 34 heavy (non-hydrogen) atoms. The van der Waals surface area contributed by atoms with Crippen molar-refractivity contribution in [2.45, 2.75) is 13.3 Å². The second kappa shape index (κ2) is 10.5. The molecule has 0 saturated carbocycles. The van der Waals surface area contributed by atoms with Crippen LogP contribution in [0.4, 0.5) is 0 Å². The molecular weight excluding hydrogens is 450 g/mol. The molecule has 4 rings (SSSR count). The fourth-order valence-electron chi connectivity index (χ4n) is 3.87. The van der Waals surface area contributed by atoms with Crippen molar-refractivity contribution in [2.75, 3.05) is 20.8 Å². The van der Waals surface area contributed by atoms with Crippen LogP contribution in [0, 0.1) is 0 Å². The quantitative estimate of drug-likeness (QED) is 0.294. The average molecular weight is 476 g/mol. The zero-order chi connectivity index (χ0) is 24.1. The van der Waals surface area contributed by atoms with Crippen molar-refractivity contribution < 1.29 is 18.7 Å². The molecule has 0 aliphatic heterocycles. The van der Waals surface area contributed by atoms with Gasteiger partial charge in [0.05, 0.1) is 20.5 Å². The second-order valence-electron chi connectivity index (χ2n) is 7.92. The lowest BCUT2D eigenvalue weighted by Crippen LogP contribution is -2.23. The van der Waals surface area contributed by atoms with Crippen LogP contribution in [0.1, 0.15) is 18.1 Å². The number of amides is 1. The van der Waals surface area contributed by atoms with E-state index in [2.05, 4.69) is 5.32 Å². The number of fused-ring (bicyclic) bond motifs is 1. The topological polar surface area (TPSA) is 60.7 Å². The molecule has 0 aliphatic rings. The van der Waals surface area contributed by atoms with Gasteiger partial charge in [0.1, 0.15) is 17.1 Å². The summed E-state index contributed by atoms with van der Waals surface area (Å²) in [6.07, 6.45) is 4.03. The maximum absolute atomic E-state index is 12.6. The Morgan fingerprint density at radius 2 is 1.85 bits per heavy atom. The number of furan rings is 1. The van der Waals surface area contributed by atoms with Crippen molar-refractivity contribution in [1.29, 1.82) is 0 Å². The smallest absolute Gasteiger partial charge is 0.244 e. The molecule has 0 saturated heterocycles. The number of hydrogen-bond donors (Lipinski definition) is 1. The van der Waals surface area contributed by atoms with Gasteiger partial charge in [-0.3, -0.25) is 4.79 Å². The molecule has 1 aromatic heterocycles. The van der Waals surface area contributed by atoms with Crippen LogP contribution in [0.2, 0.25) is 5.02 Å². The standard InChI is InChI=1S/C28H26ClNO4/c1-18(13-28(31)30-12-11-19-5-4-6-22(14-19)32-2)23-15-24-25(20-7-9-21(29)10-8-20)17-34-27(24)16-26(23)33-3/h4-10,13-17H,11-12H2,1-3H3,(H,30,31)/b18-13+. The zero-order valence-electron chi connectivity index (χ0n) is 19.4. The van der Waals surface area contributed by atoms with E-state index in [0.29, 0.717) is 29.3 Å². The molecule has 6 heteroatoms. The third-order valence-electron chi connectivity index (χ3n) is 5.67. The monoisotopic (exact) mass is 475 g/mol. The van der Waals surface area contributed by atoms with Gasteiger partial charge >= 0.3 is 0 Å². The SMILES string of the molecule is COc1cccc(CCNC(=O)/C=C(\C)c2cc3c(-c4ccc(Cl)cc4)coc3cc2OC)c1. The summed E-state index contributed by atoms with van der Waals surface area (Å²) in [6, 6.07) is 19.3. The summed E-state index contributed by atoms with van der Waals surface area (Å²) in [6.45, 7) is 2.42. The van der Waals surface area contributed by atoms with Crippen LogP contribution in [-0.2, 0) is 11.2 Å². The largest absolute Gasteiger partial charge is 0.497 e. The third-order valence-corrected chi connectivity index (χ3v) is 5.92. The Labute approximate surface area is 203 Å². The first-order chi connectivity index (χ1) is 16.5. The average Bonchev–Trinajstić information content (AvgIpc) is 3.26. The number of carbonyl (C=O) groups excluding carboxylic acids is 1. The Kier molecular flexibility index (Phi) is 7.24. The number of carbonyl (C=O) groups is 1. The number of benzene rings is 3. The highest BCUT2D eigenvalue weighted by atomic mass is 35.5. The molecular formula is C28H26ClNO4. The predicted octanol–water partition coefficient (Wildman–Crippen LogP) is 6.53. The number of hydrogen-bond acceptors (Lipinski definition) is 4. The summed E-state index contributed by atoms with van der Waals surface area (Å²) in [4.78, 5) is 12.6. The third kappa shape index (κ3) is 5.26. The van der Waals surface area contributed by atoms with Gasteiger partial charge in [0.15, 0.2) is 0 Å². The molecule has 174 valence electrons. The van der Waals surface area contributed by atoms with E-state index in [0.717, 1.165) is 39.0 Å². The van der Waals surface area contributed by atoms with Crippen molar-refractivity contribution in [3.05, 3.63) is 89.2 Å². The fourth-order valence-corrected chi connectivity index (χ4v) is 3.99. The number of halogens is 1. The Morgan fingerprint density at radius 3 is 2.59 bits per heavy atom. The van der Waals surface area contributed by atoms with Crippen molar-refractivity contribution in [2.24, 2.45) is 0 Å². The Hall–Kier alpha value is -3.70. The van der Waals surface area contributed by atoms with E-state index >= 15 is 0 Å². The lowest BCUT2D eigenvalue weighted by atomic mass is 9.99. The molecule has 5 nitrogen and oxygen atoms in total. The van der Waals surface area contributed by atoms with Gasteiger partial charge in [-0.2, -0.15) is 0 Å². The van der Waals surface area contributed by atoms with Crippen LogP contribution in [-0.4, -0.2) is 26.7 Å². The van der Waals surface area contributed by atoms with Gasteiger partial charge in [-0.15, -0.1) is 0 Å². The zero-order valence-corrected chi connectivity index (χ0v) is 20.1. The molecule has 4 aromatic rings. The van der Waals surface area contributed by atoms with Crippen LogP contribution >= 0.6 is 11.6 Å². The maximum atomic E-state index is 12.6. The highest BCUT2D eigenvalue weighted by Crippen LogP contribution is 2.37. The molecule has 0 spiro atoms. The molecule has 0 unspecified atom stereocenters. The van der Waals surface area contributed by atoms with E-state index in [4.69, 9.17) is 25.5 Å². The van der Waals surface area contributed by atoms with Crippen LogP contribution in [0.3, 0.4) is 0 Å². The fraction of sp³-hybridized carbons (Fsp3) is 0.179. The van der Waals surface area contributed by atoms with E-state index in [1.807, 2.05) is 67.6 Å². The van der Waals surface area contributed by atoms with Crippen molar-refractivity contribution >= 4 is 34.1 Å². The number of rotatable bonds is 8. The first-order valence-corrected chi connectivity index (χ1v) is 11.3. The van der Waals surface area contributed by atoms with Crippen LogP contribution in [0.5, 0.6) is 11.5 Å². The Morgan fingerprint density at radius 1 is 1.06 bits per heavy atom. The summed E-state index contributed by atoms with van der Waals surface area (Å²) in [7, 11) is 3.25. The molecule has 1 heterocycles. The van der Waals surface area contributed by atoms with Gasteiger partial charge in [-0.05, 0) is 60.4 Å². The lowest BCUT2D eigenvalue weighted by molar-refractivity contribution is -0.116. The number of ether oxygens (including phenoxy) is 2. The van der Waals surface area contributed by atoms with E-state index in [1.54, 1.807) is 26.6 Å². The van der Waals surface area contributed by atoms with Crippen molar-refractivity contribution in [3.8, 4) is 22.6 Å². The molecule has 0 atom stereocenters. The van der Waals surface area contributed by atoms with Crippen LogP contribution in [0.15, 0.2) is 77.4 Å². The number of nitrogens with one attached hydrogen (secondary N) is 1. The lowest BCUT2D eigenvalue weighted by Gasteiger charge is -2.10. The Balaban J connectivity index is 1.54. The summed E-state index contributed by atoms with van der Waals surface area (Å²) >= 11 is 6.04. The van der Waals surface area contributed by atoms with Gasteiger partial charge in [-0.25, -0.2) is 0 Å². The van der Waals surface area contributed by atoms with E-state index < -0.39 is 0 Å². The predicted molar refractivity (Wildman–Crippen MR) is 137 cm³/mol.